The Morgan fingerprint density at radius 1 is 1.17 bits per heavy atom. The number of rotatable bonds is 6. The molecule has 0 aromatic heterocycles. The number of halogens is 3. The molecule has 10 heteroatoms. The number of benzene rings is 2. The molecule has 1 heterocycles. The monoisotopic (exact) mass is 427 g/mol. The minimum Gasteiger partial charge on any atom is -0.368 e. The summed E-state index contributed by atoms with van der Waals surface area (Å²) in [7, 11) is -4.24. The highest BCUT2D eigenvalue weighted by molar-refractivity contribution is 7.92. The molecule has 1 saturated heterocycles. The van der Waals surface area contributed by atoms with E-state index in [0.29, 0.717) is 24.6 Å². The van der Waals surface area contributed by atoms with Gasteiger partial charge < -0.3 is 5.73 Å². The van der Waals surface area contributed by atoms with Crippen LogP contribution in [0.15, 0.2) is 53.4 Å². The number of nitrogens with one attached hydrogen (secondary N) is 1. The van der Waals surface area contributed by atoms with E-state index in [4.69, 9.17) is 5.73 Å². The van der Waals surface area contributed by atoms with Gasteiger partial charge in [-0.05, 0) is 49.2 Å². The average Bonchev–Trinajstić information content (AvgIpc) is 3.11. The van der Waals surface area contributed by atoms with E-state index in [9.17, 15) is 26.4 Å². The third-order valence-electron chi connectivity index (χ3n) is 4.80. The number of likely N-dealkylation sites (tertiary alicyclic amines) is 1. The lowest BCUT2D eigenvalue weighted by Crippen LogP contribution is -2.39. The maximum Gasteiger partial charge on any atom is 0.416 e. The van der Waals surface area contributed by atoms with E-state index >= 15 is 0 Å². The highest BCUT2D eigenvalue weighted by atomic mass is 32.2. The van der Waals surface area contributed by atoms with Crippen molar-refractivity contribution in [2.24, 2.45) is 5.73 Å². The molecule has 2 aromatic rings. The van der Waals surface area contributed by atoms with Crippen molar-refractivity contribution in [3.63, 3.8) is 0 Å². The summed E-state index contributed by atoms with van der Waals surface area (Å²) in [6, 6.07) is 9.67. The van der Waals surface area contributed by atoms with E-state index in [0.717, 1.165) is 24.6 Å². The van der Waals surface area contributed by atoms with Gasteiger partial charge in [-0.2, -0.15) is 13.2 Å². The van der Waals surface area contributed by atoms with Crippen LogP contribution in [-0.2, 0) is 27.5 Å². The molecule has 0 spiro atoms. The first-order chi connectivity index (χ1) is 13.6. The Hall–Kier alpha value is -2.59. The molecule has 0 radical (unpaired) electrons. The lowest BCUT2D eigenvalue weighted by Gasteiger charge is -2.23. The predicted octanol–water partition coefficient (Wildman–Crippen LogP) is 2.96. The standard InChI is InChI=1S/C19H20F3N3O3S/c20-19(21,22)14-6-3-7-15(11-14)29(27,28)24-16-8-2-1-5-13(16)12-25-10-4-9-17(25)18(23)26/h1-3,5-8,11,17,24H,4,9-10,12H2,(H2,23,26)/t17-/m0/s1. The van der Waals surface area contributed by atoms with Gasteiger partial charge in [0.25, 0.3) is 10.0 Å². The fraction of sp³-hybridized carbons (Fsp3) is 0.316. The van der Waals surface area contributed by atoms with Gasteiger partial charge in [0.2, 0.25) is 5.91 Å². The zero-order valence-electron chi connectivity index (χ0n) is 15.3. The molecule has 1 aliphatic rings. The fourth-order valence-electron chi connectivity index (χ4n) is 3.36. The minimum atomic E-state index is -4.65. The van der Waals surface area contributed by atoms with Crippen LogP contribution in [0.5, 0.6) is 0 Å². The molecule has 1 fully saturated rings. The Balaban J connectivity index is 1.86. The zero-order valence-corrected chi connectivity index (χ0v) is 16.1. The van der Waals surface area contributed by atoms with Gasteiger partial charge in [-0.25, -0.2) is 8.42 Å². The van der Waals surface area contributed by atoms with Crippen LogP contribution in [0.25, 0.3) is 0 Å². The SMILES string of the molecule is NC(=O)[C@@H]1CCCN1Cc1ccccc1NS(=O)(=O)c1cccc(C(F)(F)F)c1. The number of primary amides is 1. The van der Waals surface area contributed by atoms with Crippen molar-refractivity contribution < 1.29 is 26.4 Å². The first kappa shape index (κ1) is 21.1. The second-order valence-corrected chi connectivity index (χ2v) is 8.50. The molecule has 156 valence electrons. The van der Waals surface area contributed by atoms with Crippen molar-refractivity contribution in [3.05, 3.63) is 59.7 Å². The molecule has 3 rings (SSSR count). The number of sulfonamides is 1. The lowest BCUT2D eigenvalue weighted by atomic mass is 10.1. The Kier molecular flexibility index (Phi) is 5.85. The van der Waals surface area contributed by atoms with Gasteiger partial charge in [0.1, 0.15) is 0 Å². The molecule has 0 saturated carbocycles. The van der Waals surface area contributed by atoms with E-state index in [1.54, 1.807) is 18.2 Å². The number of anilines is 1. The summed E-state index contributed by atoms with van der Waals surface area (Å²) < 4.78 is 66.5. The summed E-state index contributed by atoms with van der Waals surface area (Å²) in [6.07, 6.45) is -3.22. The molecule has 0 bridgehead atoms. The molecule has 1 amide bonds. The maximum absolute atomic E-state index is 12.9. The Labute approximate surface area is 166 Å². The molecule has 6 nitrogen and oxygen atoms in total. The molecular weight excluding hydrogens is 407 g/mol. The van der Waals surface area contributed by atoms with Gasteiger partial charge in [0.15, 0.2) is 0 Å². The Morgan fingerprint density at radius 3 is 2.59 bits per heavy atom. The molecule has 3 N–H and O–H groups in total. The number of carbonyl (C=O) groups is 1. The van der Waals surface area contributed by atoms with E-state index in [1.807, 2.05) is 4.90 Å². The quantitative estimate of drug-likeness (QED) is 0.741. The van der Waals surface area contributed by atoms with Gasteiger partial charge in [-0.15, -0.1) is 0 Å². The average molecular weight is 427 g/mol. The molecule has 1 atom stereocenters. The summed E-state index contributed by atoms with van der Waals surface area (Å²) in [4.78, 5) is 13.0. The number of carbonyl (C=O) groups excluding carboxylic acids is 1. The van der Waals surface area contributed by atoms with Crippen molar-refractivity contribution in [1.82, 2.24) is 4.90 Å². The van der Waals surface area contributed by atoms with Gasteiger partial charge >= 0.3 is 6.18 Å². The number of nitrogens with zero attached hydrogens (tertiary/aromatic N) is 1. The number of hydrogen-bond donors (Lipinski definition) is 2. The first-order valence-corrected chi connectivity index (χ1v) is 10.4. The zero-order chi connectivity index (χ0) is 21.2. The van der Waals surface area contributed by atoms with E-state index in [1.165, 1.54) is 6.07 Å². The molecule has 0 aliphatic carbocycles. The van der Waals surface area contributed by atoms with Crippen molar-refractivity contribution in [2.45, 2.75) is 36.5 Å². The normalized spacial score (nSPS) is 18.0. The number of amides is 1. The maximum atomic E-state index is 12.9. The first-order valence-electron chi connectivity index (χ1n) is 8.89. The van der Waals surface area contributed by atoms with Crippen LogP contribution in [-0.4, -0.2) is 31.8 Å². The second-order valence-electron chi connectivity index (χ2n) is 6.82. The van der Waals surface area contributed by atoms with E-state index in [2.05, 4.69) is 4.72 Å². The van der Waals surface area contributed by atoms with Gasteiger partial charge in [0, 0.05) is 6.54 Å². The molecule has 1 aliphatic heterocycles. The topological polar surface area (TPSA) is 92.5 Å². The van der Waals surface area contributed by atoms with Crippen LogP contribution < -0.4 is 10.5 Å². The Morgan fingerprint density at radius 2 is 1.90 bits per heavy atom. The number of nitrogens with two attached hydrogens (primary N) is 1. The number of para-hydroxylation sites is 1. The summed E-state index contributed by atoms with van der Waals surface area (Å²) in [5.41, 5.74) is 5.21. The van der Waals surface area contributed by atoms with Gasteiger partial charge in [-0.3, -0.25) is 14.4 Å². The van der Waals surface area contributed by atoms with Crippen LogP contribution >= 0.6 is 0 Å². The number of hydrogen-bond acceptors (Lipinski definition) is 4. The second kappa shape index (κ2) is 8.03. The summed E-state index contributed by atoms with van der Waals surface area (Å²) in [6.45, 7) is 0.928. The molecular formula is C19H20F3N3O3S. The largest absolute Gasteiger partial charge is 0.416 e. The smallest absolute Gasteiger partial charge is 0.368 e. The summed E-state index contributed by atoms with van der Waals surface area (Å²) >= 11 is 0. The van der Waals surface area contributed by atoms with Crippen molar-refractivity contribution in [2.75, 3.05) is 11.3 Å². The molecule has 0 unspecified atom stereocenters. The van der Waals surface area contributed by atoms with Gasteiger partial charge in [-0.1, -0.05) is 24.3 Å². The van der Waals surface area contributed by atoms with Crippen LogP contribution in [0.1, 0.15) is 24.0 Å². The highest BCUT2D eigenvalue weighted by Crippen LogP contribution is 2.31. The van der Waals surface area contributed by atoms with Crippen molar-refractivity contribution >= 4 is 21.6 Å². The summed E-state index contributed by atoms with van der Waals surface area (Å²) in [5, 5.41) is 0. The van der Waals surface area contributed by atoms with Crippen LogP contribution in [0.3, 0.4) is 0 Å². The third kappa shape index (κ3) is 4.88. The molecule has 2 aromatic carbocycles. The lowest BCUT2D eigenvalue weighted by molar-refractivity contribution is -0.137. The summed E-state index contributed by atoms with van der Waals surface area (Å²) in [5.74, 6) is -0.440. The third-order valence-corrected chi connectivity index (χ3v) is 6.16. The van der Waals surface area contributed by atoms with Crippen molar-refractivity contribution in [3.8, 4) is 0 Å². The van der Waals surface area contributed by atoms with E-state index < -0.39 is 38.6 Å². The predicted molar refractivity (Wildman–Crippen MR) is 101 cm³/mol. The Bertz CT molecular complexity index is 1010. The number of alkyl halides is 3. The van der Waals surface area contributed by atoms with E-state index in [-0.39, 0.29) is 12.2 Å². The van der Waals surface area contributed by atoms with Crippen LogP contribution in [0.2, 0.25) is 0 Å². The fourth-order valence-corrected chi connectivity index (χ4v) is 4.50. The highest BCUT2D eigenvalue weighted by Gasteiger charge is 2.32. The molecule has 29 heavy (non-hydrogen) atoms. The minimum absolute atomic E-state index is 0.236. The van der Waals surface area contributed by atoms with Crippen LogP contribution in [0.4, 0.5) is 18.9 Å². The van der Waals surface area contributed by atoms with Gasteiger partial charge in [0.05, 0.1) is 22.2 Å². The van der Waals surface area contributed by atoms with Crippen molar-refractivity contribution in [1.29, 1.82) is 0 Å². The van der Waals surface area contributed by atoms with Crippen LogP contribution in [0, 0.1) is 0 Å².